The van der Waals surface area contributed by atoms with Crippen LogP contribution < -0.4 is 0 Å². The molecule has 14 heavy (non-hydrogen) atoms. The van der Waals surface area contributed by atoms with Crippen molar-refractivity contribution in [2.45, 2.75) is 10.7 Å². The average molecular weight is 316 g/mol. The van der Waals surface area contributed by atoms with Crippen molar-refractivity contribution in [2.75, 3.05) is 0 Å². The molecule has 1 heterocycles. The van der Waals surface area contributed by atoms with Crippen molar-refractivity contribution in [3.05, 3.63) is 35.7 Å². The molecule has 0 aliphatic heterocycles. The molecule has 2 rings (SSSR count). The quantitative estimate of drug-likeness (QED) is 0.794. The molecule has 1 aromatic heterocycles. The minimum atomic E-state index is 0.845. The fraction of sp³-hybridized carbons (Fsp3) is 0.200. The first-order chi connectivity index (χ1) is 6.86. The van der Waals surface area contributed by atoms with Gasteiger partial charge in [-0.1, -0.05) is 44.0 Å². The summed E-state index contributed by atoms with van der Waals surface area (Å²) in [5.74, 6) is 0. The zero-order chi connectivity index (χ0) is 9.97. The molecule has 0 amide bonds. The van der Waals surface area contributed by atoms with Crippen LogP contribution in [0.2, 0.25) is 0 Å². The molecule has 0 atom stereocenters. The molecule has 4 heteroatoms. The van der Waals surface area contributed by atoms with E-state index < -0.39 is 0 Å². The maximum Gasteiger partial charge on any atom is 0.0577 e. The lowest BCUT2D eigenvalue weighted by atomic mass is 10.0. The highest BCUT2D eigenvalue weighted by atomic mass is 79.9. The maximum absolute atomic E-state index is 3.91. The van der Waals surface area contributed by atoms with Crippen LogP contribution in [0, 0.1) is 0 Å². The van der Waals surface area contributed by atoms with Gasteiger partial charge in [0.05, 0.1) is 12.4 Å². The van der Waals surface area contributed by atoms with E-state index in [1.165, 1.54) is 21.9 Å². The lowest BCUT2D eigenvalue weighted by Gasteiger charge is -2.05. The predicted octanol–water partition coefficient (Wildman–Crippen LogP) is 3.42. The van der Waals surface area contributed by atoms with Crippen LogP contribution in [0.25, 0.3) is 10.8 Å². The Hall–Kier alpha value is -0.480. The Morgan fingerprint density at radius 3 is 1.64 bits per heavy atom. The first-order valence-electron chi connectivity index (χ1n) is 4.20. The van der Waals surface area contributed by atoms with Crippen molar-refractivity contribution in [1.29, 1.82) is 0 Å². The Morgan fingerprint density at radius 1 is 0.857 bits per heavy atom. The fourth-order valence-corrected chi connectivity index (χ4v) is 2.42. The number of hydrogen-bond donors (Lipinski definition) is 0. The van der Waals surface area contributed by atoms with Gasteiger partial charge >= 0.3 is 0 Å². The van der Waals surface area contributed by atoms with E-state index in [1.54, 1.807) is 0 Å². The van der Waals surface area contributed by atoms with Crippen molar-refractivity contribution < 1.29 is 0 Å². The van der Waals surface area contributed by atoms with E-state index in [4.69, 9.17) is 0 Å². The van der Waals surface area contributed by atoms with Crippen molar-refractivity contribution in [2.24, 2.45) is 0 Å². The molecule has 2 aromatic rings. The Balaban J connectivity index is 2.78. The van der Waals surface area contributed by atoms with Crippen molar-refractivity contribution >= 4 is 42.6 Å². The number of alkyl halides is 2. The summed E-state index contributed by atoms with van der Waals surface area (Å²) in [6.07, 6.45) is 3.64. The summed E-state index contributed by atoms with van der Waals surface area (Å²) >= 11 is 6.93. The van der Waals surface area contributed by atoms with Gasteiger partial charge in [0.15, 0.2) is 0 Å². The zero-order valence-corrected chi connectivity index (χ0v) is 10.5. The molecule has 2 nitrogen and oxygen atoms in total. The van der Waals surface area contributed by atoms with Crippen LogP contribution in [0.15, 0.2) is 24.5 Å². The second kappa shape index (κ2) is 4.36. The molecule has 0 bridgehead atoms. The third-order valence-corrected chi connectivity index (χ3v) is 3.40. The van der Waals surface area contributed by atoms with Crippen LogP contribution >= 0.6 is 31.9 Å². The Morgan fingerprint density at radius 2 is 1.29 bits per heavy atom. The standard InChI is InChI=1S/C10H8Br2N2/c11-3-7-1-2-8(4-12)10-6-14-13-5-9(7)10/h1-2,5-6H,3-4H2. The number of fused-ring (bicyclic) bond motifs is 1. The minimum Gasteiger partial charge on any atom is -0.158 e. The van der Waals surface area contributed by atoms with Gasteiger partial charge < -0.3 is 0 Å². The van der Waals surface area contributed by atoms with E-state index in [1.807, 2.05) is 12.4 Å². The van der Waals surface area contributed by atoms with Gasteiger partial charge in [0.25, 0.3) is 0 Å². The van der Waals surface area contributed by atoms with Gasteiger partial charge in [-0.15, -0.1) is 0 Å². The first-order valence-corrected chi connectivity index (χ1v) is 6.44. The molecule has 0 unspecified atom stereocenters. The van der Waals surface area contributed by atoms with Crippen molar-refractivity contribution in [1.82, 2.24) is 10.2 Å². The Kier molecular flexibility index (Phi) is 3.13. The van der Waals surface area contributed by atoms with E-state index in [0.717, 1.165) is 10.7 Å². The highest BCUT2D eigenvalue weighted by Crippen LogP contribution is 2.24. The van der Waals surface area contributed by atoms with Gasteiger partial charge in [0.2, 0.25) is 0 Å². The van der Waals surface area contributed by atoms with Gasteiger partial charge in [-0.2, -0.15) is 10.2 Å². The largest absolute Gasteiger partial charge is 0.158 e. The van der Waals surface area contributed by atoms with Gasteiger partial charge in [0, 0.05) is 21.4 Å². The van der Waals surface area contributed by atoms with Crippen LogP contribution in [0.1, 0.15) is 11.1 Å². The third-order valence-electron chi connectivity index (χ3n) is 2.20. The summed E-state index contributed by atoms with van der Waals surface area (Å²) in [5, 5.41) is 11.9. The predicted molar refractivity (Wildman–Crippen MR) is 64.8 cm³/mol. The number of benzene rings is 1. The number of rotatable bonds is 2. The van der Waals surface area contributed by atoms with Gasteiger partial charge in [-0.25, -0.2) is 0 Å². The fourth-order valence-electron chi connectivity index (χ4n) is 1.45. The molecule has 1 aromatic carbocycles. The number of halogens is 2. The van der Waals surface area contributed by atoms with E-state index in [9.17, 15) is 0 Å². The van der Waals surface area contributed by atoms with Crippen molar-refractivity contribution in [3.63, 3.8) is 0 Å². The second-order valence-corrected chi connectivity index (χ2v) is 4.09. The first kappa shape index (κ1) is 10.1. The molecule has 0 aliphatic carbocycles. The molecule has 0 aliphatic rings. The molecule has 0 radical (unpaired) electrons. The minimum absolute atomic E-state index is 0.845. The smallest absolute Gasteiger partial charge is 0.0577 e. The summed E-state index contributed by atoms with van der Waals surface area (Å²) in [6.45, 7) is 0. The highest BCUT2D eigenvalue weighted by molar-refractivity contribution is 9.08. The Labute approximate surface area is 99.0 Å². The average Bonchev–Trinajstić information content (AvgIpc) is 2.27. The van der Waals surface area contributed by atoms with E-state index in [-0.39, 0.29) is 0 Å². The SMILES string of the molecule is BrCc1ccc(CBr)c2cnncc12. The summed E-state index contributed by atoms with van der Waals surface area (Å²) < 4.78 is 0. The molecule has 0 N–H and O–H groups in total. The highest BCUT2D eigenvalue weighted by Gasteiger charge is 2.04. The van der Waals surface area contributed by atoms with Crippen molar-refractivity contribution in [3.8, 4) is 0 Å². The molecule has 0 spiro atoms. The van der Waals surface area contributed by atoms with Crippen LogP contribution in [0.3, 0.4) is 0 Å². The number of hydrogen-bond acceptors (Lipinski definition) is 2. The lowest BCUT2D eigenvalue weighted by Crippen LogP contribution is -1.90. The molecule has 72 valence electrons. The topological polar surface area (TPSA) is 25.8 Å². The van der Waals surface area contributed by atoms with Crippen LogP contribution in [0.4, 0.5) is 0 Å². The summed E-state index contributed by atoms with van der Waals surface area (Å²) in [5.41, 5.74) is 2.50. The van der Waals surface area contributed by atoms with Gasteiger partial charge in [-0.3, -0.25) is 0 Å². The van der Waals surface area contributed by atoms with Crippen LogP contribution in [-0.4, -0.2) is 10.2 Å². The van der Waals surface area contributed by atoms with E-state index >= 15 is 0 Å². The Bertz CT molecular complexity index is 414. The monoisotopic (exact) mass is 314 g/mol. The molecule has 0 saturated heterocycles. The summed E-state index contributed by atoms with van der Waals surface area (Å²) in [4.78, 5) is 0. The van der Waals surface area contributed by atoms with Gasteiger partial charge in [-0.05, 0) is 11.1 Å². The molecular weight excluding hydrogens is 308 g/mol. The number of nitrogens with zero attached hydrogens (tertiary/aromatic N) is 2. The van der Waals surface area contributed by atoms with E-state index in [0.29, 0.717) is 0 Å². The van der Waals surface area contributed by atoms with Crippen LogP contribution in [-0.2, 0) is 10.7 Å². The van der Waals surface area contributed by atoms with Gasteiger partial charge in [0.1, 0.15) is 0 Å². The molecule has 0 saturated carbocycles. The molecular formula is C10H8Br2N2. The van der Waals surface area contributed by atoms with Crippen LogP contribution in [0.5, 0.6) is 0 Å². The van der Waals surface area contributed by atoms with E-state index in [2.05, 4.69) is 54.2 Å². The molecule has 0 fully saturated rings. The number of aromatic nitrogens is 2. The zero-order valence-electron chi connectivity index (χ0n) is 7.37. The lowest BCUT2D eigenvalue weighted by molar-refractivity contribution is 1.05. The second-order valence-electron chi connectivity index (χ2n) is 2.97. The maximum atomic E-state index is 3.91. The normalized spacial score (nSPS) is 10.7. The summed E-state index contributed by atoms with van der Waals surface area (Å²) in [6, 6.07) is 4.24. The third kappa shape index (κ3) is 1.68. The summed E-state index contributed by atoms with van der Waals surface area (Å²) in [7, 11) is 0.